The molecule has 0 amide bonds. The summed E-state index contributed by atoms with van der Waals surface area (Å²) in [5.74, 6) is 5.80. The molecule has 0 radical (unpaired) electrons. The molecular weight excluding hydrogens is 234 g/mol. The first-order valence-corrected chi connectivity index (χ1v) is 7.19. The van der Waals surface area contributed by atoms with Crippen LogP contribution in [0.1, 0.15) is 38.3 Å². The van der Waals surface area contributed by atoms with Crippen molar-refractivity contribution in [1.29, 1.82) is 0 Å². The zero-order chi connectivity index (χ0) is 14.5. The van der Waals surface area contributed by atoms with Gasteiger partial charge < -0.3 is 4.90 Å². The van der Waals surface area contributed by atoms with Gasteiger partial charge in [0.25, 0.3) is 0 Å². The highest BCUT2D eigenvalue weighted by Crippen LogP contribution is 2.23. The summed E-state index contributed by atoms with van der Waals surface area (Å²) in [4.78, 5) is 2.26. The van der Waals surface area contributed by atoms with E-state index in [1.165, 1.54) is 11.1 Å². The second-order valence-electron chi connectivity index (χ2n) is 5.70. The van der Waals surface area contributed by atoms with Crippen molar-refractivity contribution in [1.82, 2.24) is 10.3 Å². The van der Waals surface area contributed by atoms with Crippen LogP contribution in [0.4, 0.5) is 0 Å². The number of nitrogens with two attached hydrogens (primary N) is 1. The standard InChI is InChI=1S/C16H29N3/c1-6-13-8-10-14(11-9-13)12-15(18-17)16(3,7-2)19(4)5/h8-11,15,18H,6-7,12,17H2,1-5H3. The molecule has 1 rings (SSSR count). The van der Waals surface area contributed by atoms with Crippen molar-refractivity contribution in [3.8, 4) is 0 Å². The van der Waals surface area contributed by atoms with E-state index in [0.717, 1.165) is 19.3 Å². The number of nitrogens with one attached hydrogen (secondary N) is 1. The number of hydrazine groups is 1. The molecule has 19 heavy (non-hydrogen) atoms. The third kappa shape index (κ3) is 3.78. The molecule has 0 aromatic heterocycles. The molecule has 108 valence electrons. The molecule has 3 nitrogen and oxygen atoms in total. The Morgan fingerprint density at radius 3 is 2.05 bits per heavy atom. The Morgan fingerprint density at radius 1 is 1.16 bits per heavy atom. The third-order valence-electron chi connectivity index (χ3n) is 4.56. The van der Waals surface area contributed by atoms with Crippen LogP contribution < -0.4 is 11.3 Å². The Balaban J connectivity index is 2.86. The Bertz CT molecular complexity index is 372. The summed E-state index contributed by atoms with van der Waals surface area (Å²) in [6.45, 7) is 6.65. The summed E-state index contributed by atoms with van der Waals surface area (Å²) in [6, 6.07) is 9.09. The van der Waals surface area contributed by atoms with Crippen LogP contribution in [0.15, 0.2) is 24.3 Å². The molecule has 0 fully saturated rings. The average Bonchev–Trinajstić information content (AvgIpc) is 2.44. The number of aryl methyl sites for hydroxylation is 1. The van der Waals surface area contributed by atoms with Crippen LogP contribution in [0.5, 0.6) is 0 Å². The molecule has 0 saturated carbocycles. The van der Waals surface area contributed by atoms with Crippen LogP contribution >= 0.6 is 0 Å². The minimum absolute atomic E-state index is 0.0537. The first-order valence-electron chi connectivity index (χ1n) is 7.19. The van der Waals surface area contributed by atoms with E-state index < -0.39 is 0 Å². The van der Waals surface area contributed by atoms with Gasteiger partial charge in [0.05, 0.1) is 0 Å². The fourth-order valence-corrected chi connectivity index (χ4v) is 2.48. The molecule has 3 heteroatoms. The summed E-state index contributed by atoms with van der Waals surface area (Å²) in [5.41, 5.74) is 5.78. The van der Waals surface area contributed by atoms with Gasteiger partial charge in [-0.3, -0.25) is 11.3 Å². The smallest absolute Gasteiger partial charge is 0.0432 e. The molecule has 0 aliphatic rings. The SMILES string of the molecule is CCc1ccc(CC(NN)C(C)(CC)N(C)C)cc1. The third-order valence-corrected chi connectivity index (χ3v) is 4.56. The molecule has 0 spiro atoms. The van der Waals surface area contributed by atoms with Gasteiger partial charge in [0, 0.05) is 11.6 Å². The molecule has 1 aromatic carbocycles. The minimum Gasteiger partial charge on any atom is -0.302 e. The van der Waals surface area contributed by atoms with Crippen molar-refractivity contribution in [3.63, 3.8) is 0 Å². The molecule has 1 aromatic rings. The van der Waals surface area contributed by atoms with Crippen LogP contribution in [-0.4, -0.2) is 30.6 Å². The van der Waals surface area contributed by atoms with Gasteiger partial charge in [-0.25, -0.2) is 0 Å². The normalized spacial score (nSPS) is 16.4. The molecule has 0 aliphatic heterocycles. The molecule has 2 unspecified atom stereocenters. The van der Waals surface area contributed by atoms with Crippen molar-refractivity contribution in [2.75, 3.05) is 14.1 Å². The Morgan fingerprint density at radius 2 is 1.68 bits per heavy atom. The van der Waals surface area contributed by atoms with Gasteiger partial charge in [0.2, 0.25) is 0 Å². The van der Waals surface area contributed by atoms with Crippen LogP contribution in [-0.2, 0) is 12.8 Å². The first-order chi connectivity index (χ1) is 8.97. The van der Waals surface area contributed by atoms with Crippen molar-refractivity contribution in [2.45, 2.75) is 51.6 Å². The Hall–Kier alpha value is -0.900. The van der Waals surface area contributed by atoms with Crippen molar-refractivity contribution in [2.24, 2.45) is 5.84 Å². The molecule has 0 heterocycles. The highest BCUT2D eigenvalue weighted by Gasteiger charge is 2.33. The fraction of sp³-hybridized carbons (Fsp3) is 0.625. The lowest BCUT2D eigenvalue weighted by Gasteiger charge is -2.42. The highest BCUT2D eigenvalue weighted by atomic mass is 15.3. The predicted octanol–water partition coefficient (Wildman–Crippen LogP) is 2.35. The van der Waals surface area contributed by atoms with Gasteiger partial charge in [0.1, 0.15) is 0 Å². The molecule has 0 bridgehead atoms. The van der Waals surface area contributed by atoms with Crippen LogP contribution in [0.2, 0.25) is 0 Å². The zero-order valence-corrected chi connectivity index (χ0v) is 13.0. The molecule has 0 aliphatic carbocycles. The highest BCUT2D eigenvalue weighted by molar-refractivity contribution is 5.24. The monoisotopic (exact) mass is 263 g/mol. The summed E-state index contributed by atoms with van der Waals surface area (Å²) in [6.07, 6.45) is 3.09. The number of nitrogens with zero attached hydrogens (tertiary/aromatic N) is 1. The topological polar surface area (TPSA) is 41.3 Å². The van der Waals surface area contributed by atoms with Gasteiger partial charge in [-0.1, -0.05) is 38.1 Å². The van der Waals surface area contributed by atoms with Crippen molar-refractivity contribution >= 4 is 0 Å². The number of hydrogen-bond acceptors (Lipinski definition) is 3. The van der Waals surface area contributed by atoms with Crippen LogP contribution in [0.25, 0.3) is 0 Å². The maximum atomic E-state index is 5.80. The van der Waals surface area contributed by atoms with Gasteiger partial charge in [-0.2, -0.15) is 0 Å². The average molecular weight is 263 g/mol. The van der Waals surface area contributed by atoms with Gasteiger partial charge in [-0.15, -0.1) is 0 Å². The van der Waals surface area contributed by atoms with Gasteiger partial charge in [0.15, 0.2) is 0 Å². The van der Waals surface area contributed by atoms with Crippen molar-refractivity contribution < 1.29 is 0 Å². The molecular formula is C16H29N3. The van der Waals surface area contributed by atoms with E-state index in [1.54, 1.807) is 0 Å². The van der Waals surface area contributed by atoms with E-state index in [2.05, 4.69) is 69.5 Å². The summed E-state index contributed by atoms with van der Waals surface area (Å²) < 4.78 is 0. The Kier molecular flexibility index (Phi) is 5.98. The predicted molar refractivity (Wildman–Crippen MR) is 83.0 cm³/mol. The zero-order valence-electron chi connectivity index (χ0n) is 13.0. The largest absolute Gasteiger partial charge is 0.302 e. The van der Waals surface area contributed by atoms with E-state index in [1.807, 2.05) is 0 Å². The minimum atomic E-state index is 0.0537. The maximum Gasteiger partial charge on any atom is 0.0432 e. The van der Waals surface area contributed by atoms with Crippen molar-refractivity contribution in [3.05, 3.63) is 35.4 Å². The second kappa shape index (κ2) is 7.04. The van der Waals surface area contributed by atoms with Crippen LogP contribution in [0.3, 0.4) is 0 Å². The lowest BCUT2D eigenvalue weighted by molar-refractivity contribution is 0.112. The maximum absolute atomic E-state index is 5.80. The first kappa shape index (κ1) is 16.2. The Labute approximate surface area is 118 Å². The fourth-order valence-electron chi connectivity index (χ4n) is 2.48. The quantitative estimate of drug-likeness (QED) is 0.586. The summed E-state index contributed by atoms with van der Waals surface area (Å²) in [5, 5.41) is 0. The molecule has 0 saturated heterocycles. The van der Waals surface area contributed by atoms with E-state index in [4.69, 9.17) is 5.84 Å². The number of rotatable bonds is 7. The lowest BCUT2D eigenvalue weighted by Crippen LogP contribution is -2.59. The second-order valence-corrected chi connectivity index (χ2v) is 5.70. The van der Waals surface area contributed by atoms with E-state index in [0.29, 0.717) is 0 Å². The van der Waals surface area contributed by atoms with Gasteiger partial charge in [-0.05, 0) is 51.4 Å². The molecule has 2 atom stereocenters. The number of likely N-dealkylation sites (N-methyl/N-ethyl adjacent to an activating group) is 1. The number of benzene rings is 1. The summed E-state index contributed by atoms with van der Waals surface area (Å²) in [7, 11) is 4.24. The van der Waals surface area contributed by atoms with E-state index in [-0.39, 0.29) is 11.6 Å². The van der Waals surface area contributed by atoms with E-state index >= 15 is 0 Å². The number of hydrogen-bond donors (Lipinski definition) is 2. The summed E-state index contributed by atoms with van der Waals surface area (Å²) >= 11 is 0. The van der Waals surface area contributed by atoms with Crippen LogP contribution in [0, 0.1) is 0 Å². The lowest BCUT2D eigenvalue weighted by atomic mass is 9.84. The molecule has 3 N–H and O–H groups in total. The van der Waals surface area contributed by atoms with E-state index in [9.17, 15) is 0 Å². The van der Waals surface area contributed by atoms with Gasteiger partial charge >= 0.3 is 0 Å².